The molecular weight excluding hydrogens is 473 g/mol. The molecule has 6 rings (SSSR count). The van der Waals surface area contributed by atoms with Crippen molar-refractivity contribution < 1.29 is 19.0 Å². The maximum absolute atomic E-state index is 14.2. The van der Waals surface area contributed by atoms with Crippen LogP contribution in [0.1, 0.15) is 45.8 Å². The van der Waals surface area contributed by atoms with E-state index in [1.54, 1.807) is 9.42 Å². The quantitative estimate of drug-likeness (QED) is 0.582. The molecule has 1 aliphatic carbocycles. The molecule has 10 heteroatoms. The fourth-order valence-electron chi connectivity index (χ4n) is 5.43. The van der Waals surface area contributed by atoms with Crippen molar-refractivity contribution in [2.24, 2.45) is 0 Å². The molecule has 0 unspecified atom stereocenters. The number of carbonyl (C=O) groups is 1. The number of β-amino-alcohol motifs (C(OH)–C–C–N with tert-alkyl or cyclic N) is 1. The van der Waals surface area contributed by atoms with Crippen molar-refractivity contribution >= 4 is 23.2 Å². The average Bonchev–Trinajstić information content (AvgIpc) is 3.58. The average molecular weight is 498 g/mol. The monoisotopic (exact) mass is 497 g/mol. The van der Waals surface area contributed by atoms with Crippen molar-refractivity contribution in [2.75, 3.05) is 13.2 Å². The second kappa shape index (κ2) is 8.20. The van der Waals surface area contributed by atoms with Crippen LogP contribution in [0.15, 0.2) is 30.0 Å². The Balaban J connectivity index is 1.25. The first-order valence-corrected chi connectivity index (χ1v) is 12.1. The van der Waals surface area contributed by atoms with E-state index in [1.165, 1.54) is 18.2 Å². The van der Waals surface area contributed by atoms with Gasteiger partial charge in [-0.25, -0.2) is 13.9 Å². The van der Waals surface area contributed by atoms with E-state index in [2.05, 4.69) is 15.0 Å². The van der Waals surface area contributed by atoms with Crippen LogP contribution in [-0.2, 0) is 13.1 Å². The van der Waals surface area contributed by atoms with Gasteiger partial charge in [-0.1, -0.05) is 11.6 Å². The van der Waals surface area contributed by atoms with Crippen molar-refractivity contribution in [3.63, 3.8) is 0 Å². The van der Waals surface area contributed by atoms with E-state index in [9.17, 15) is 14.3 Å². The Morgan fingerprint density at radius 3 is 2.89 bits per heavy atom. The van der Waals surface area contributed by atoms with Crippen LogP contribution >= 0.6 is 11.6 Å². The van der Waals surface area contributed by atoms with Crippen LogP contribution in [0.5, 0.6) is 5.75 Å². The molecule has 2 bridgehead atoms. The lowest BCUT2D eigenvalue weighted by molar-refractivity contribution is 0.0742. The molecule has 1 fully saturated rings. The summed E-state index contributed by atoms with van der Waals surface area (Å²) in [6.45, 7) is 5.11. The van der Waals surface area contributed by atoms with Crippen molar-refractivity contribution in [1.82, 2.24) is 24.4 Å². The molecular formula is C25H25ClFN5O3. The number of aliphatic hydroxyl groups excluding tert-OH is 1. The number of ether oxygens (including phenoxy) is 1. The molecule has 3 aliphatic rings. The number of hydrogen-bond acceptors (Lipinski definition) is 6. The topological polar surface area (TPSA) is 83.2 Å². The first kappa shape index (κ1) is 22.3. The smallest absolute Gasteiger partial charge is 0.258 e. The number of aliphatic hydroxyl groups is 1. The summed E-state index contributed by atoms with van der Waals surface area (Å²) < 4.78 is 22.1. The first-order valence-electron chi connectivity index (χ1n) is 11.7. The van der Waals surface area contributed by atoms with E-state index in [0.29, 0.717) is 35.9 Å². The predicted octanol–water partition coefficient (Wildman–Crippen LogP) is 3.40. The molecule has 8 nitrogen and oxygen atoms in total. The highest BCUT2D eigenvalue weighted by molar-refractivity contribution is 6.31. The van der Waals surface area contributed by atoms with Crippen molar-refractivity contribution in [3.05, 3.63) is 69.0 Å². The highest BCUT2D eigenvalue weighted by Crippen LogP contribution is 2.39. The van der Waals surface area contributed by atoms with E-state index < -0.39 is 5.82 Å². The molecule has 2 atom stereocenters. The number of nitrogens with zero attached hydrogens (tertiary/aromatic N) is 5. The Bertz CT molecular complexity index is 1400. The Morgan fingerprint density at radius 2 is 2.14 bits per heavy atom. The summed E-state index contributed by atoms with van der Waals surface area (Å²) in [5, 5.41) is 14.5. The normalized spacial score (nSPS) is 20.7. The number of fused-ring (bicyclic) bond motifs is 5. The van der Waals surface area contributed by atoms with Gasteiger partial charge in [0, 0.05) is 36.8 Å². The van der Waals surface area contributed by atoms with Crippen LogP contribution in [0, 0.1) is 19.7 Å². The lowest BCUT2D eigenvalue weighted by Crippen LogP contribution is -2.33. The molecule has 3 aromatic rings. The van der Waals surface area contributed by atoms with Gasteiger partial charge >= 0.3 is 0 Å². The maximum Gasteiger partial charge on any atom is 0.258 e. The molecule has 2 aromatic heterocycles. The summed E-state index contributed by atoms with van der Waals surface area (Å²) in [6.07, 6.45) is 3.42. The van der Waals surface area contributed by atoms with E-state index in [-0.39, 0.29) is 30.4 Å². The Morgan fingerprint density at radius 1 is 1.31 bits per heavy atom. The minimum Gasteiger partial charge on any atom is -0.485 e. The maximum atomic E-state index is 14.2. The van der Waals surface area contributed by atoms with Gasteiger partial charge in [-0.05, 0) is 38.0 Å². The van der Waals surface area contributed by atoms with Crippen molar-refractivity contribution in [3.8, 4) is 5.75 Å². The summed E-state index contributed by atoms with van der Waals surface area (Å²) in [7, 11) is 0. The summed E-state index contributed by atoms with van der Waals surface area (Å²) >= 11 is 6.34. The zero-order valence-corrected chi connectivity index (χ0v) is 20.2. The third kappa shape index (κ3) is 3.56. The molecule has 1 aromatic carbocycles. The fourth-order valence-corrected chi connectivity index (χ4v) is 5.55. The van der Waals surface area contributed by atoms with E-state index in [4.69, 9.17) is 16.3 Å². The molecule has 182 valence electrons. The molecule has 4 heterocycles. The molecule has 0 radical (unpaired) electrons. The zero-order chi connectivity index (χ0) is 24.4. The molecule has 0 saturated heterocycles. The number of halogens is 2. The molecule has 1 saturated carbocycles. The van der Waals surface area contributed by atoms with Crippen molar-refractivity contribution in [2.45, 2.75) is 51.9 Å². The predicted molar refractivity (Wildman–Crippen MR) is 127 cm³/mol. The van der Waals surface area contributed by atoms with Gasteiger partial charge in [-0.3, -0.25) is 4.79 Å². The van der Waals surface area contributed by atoms with Crippen LogP contribution in [0.25, 0.3) is 5.65 Å². The molecule has 1 amide bonds. The van der Waals surface area contributed by atoms with Gasteiger partial charge in [0.1, 0.15) is 17.7 Å². The minimum absolute atomic E-state index is 0.0964. The van der Waals surface area contributed by atoms with E-state index in [0.717, 1.165) is 41.1 Å². The number of benzene rings is 1. The van der Waals surface area contributed by atoms with E-state index >= 15 is 0 Å². The summed E-state index contributed by atoms with van der Waals surface area (Å²) in [5.74, 6) is -0.444. The highest BCUT2D eigenvalue weighted by Gasteiger charge is 2.40. The van der Waals surface area contributed by atoms with Gasteiger partial charge in [0.25, 0.3) is 5.91 Å². The van der Waals surface area contributed by atoms with Gasteiger partial charge in [0.15, 0.2) is 5.65 Å². The van der Waals surface area contributed by atoms with Gasteiger partial charge in [0.05, 0.1) is 47.4 Å². The van der Waals surface area contributed by atoms with Crippen LogP contribution in [0.2, 0.25) is 5.02 Å². The van der Waals surface area contributed by atoms with Crippen LogP contribution < -0.4 is 4.74 Å². The summed E-state index contributed by atoms with van der Waals surface area (Å²) in [5.41, 5.74) is 5.34. The largest absolute Gasteiger partial charge is 0.485 e. The zero-order valence-electron chi connectivity index (χ0n) is 19.5. The first-order chi connectivity index (χ1) is 16.8. The Labute approximate surface area is 206 Å². The number of aryl methyl sites for hydroxylation is 2. The summed E-state index contributed by atoms with van der Waals surface area (Å²) in [4.78, 5) is 21.9. The van der Waals surface area contributed by atoms with Crippen molar-refractivity contribution in [1.29, 1.82) is 0 Å². The minimum atomic E-state index is -0.454. The van der Waals surface area contributed by atoms with Gasteiger partial charge in [-0.15, -0.1) is 0 Å². The third-order valence-electron chi connectivity index (χ3n) is 7.22. The van der Waals surface area contributed by atoms with Gasteiger partial charge in [-0.2, -0.15) is 5.10 Å². The molecule has 2 aliphatic heterocycles. The number of aromatic nitrogens is 3. The fraction of sp³-hybridized carbons (Fsp3) is 0.400. The molecule has 35 heavy (non-hydrogen) atoms. The second-order valence-electron chi connectivity index (χ2n) is 9.42. The molecule has 1 N–H and O–H groups in total. The van der Waals surface area contributed by atoms with E-state index in [1.807, 2.05) is 20.0 Å². The Hall–Kier alpha value is -3.17. The van der Waals surface area contributed by atoms with Crippen LogP contribution in [0.3, 0.4) is 0 Å². The SMILES string of the molecule is Cc1nc2c3c(nn2c(C)c1Cl)CN(C(=O)c1ccc(F)cc1O[C@H]1C[C@H]2CC1=CN2CCO)C3. The number of amides is 1. The van der Waals surface area contributed by atoms with Gasteiger partial charge in [0.2, 0.25) is 0 Å². The summed E-state index contributed by atoms with van der Waals surface area (Å²) in [6, 6.07) is 4.33. The molecule has 0 spiro atoms. The lowest BCUT2D eigenvalue weighted by atomic mass is 10.1. The number of rotatable bonds is 5. The highest BCUT2D eigenvalue weighted by atomic mass is 35.5. The number of carbonyl (C=O) groups excluding carboxylic acids is 1. The lowest BCUT2D eigenvalue weighted by Gasteiger charge is -2.28. The van der Waals surface area contributed by atoms with Gasteiger partial charge < -0.3 is 19.6 Å². The Kier molecular flexibility index (Phi) is 5.23. The third-order valence-corrected chi connectivity index (χ3v) is 7.76. The number of hydrogen-bond donors (Lipinski definition) is 1. The second-order valence-corrected chi connectivity index (χ2v) is 9.80. The van der Waals surface area contributed by atoms with Crippen LogP contribution in [-0.4, -0.2) is 60.7 Å². The van der Waals surface area contributed by atoms with Crippen LogP contribution in [0.4, 0.5) is 4.39 Å². The standard InChI is InChI=1S/C25H25ClFN5O3/c1-13-23(26)14(2)32-24(28-13)19-11-31(12-20(19)29-32)25(34)18-4-3-16(27)8-22(18)35-21-9-17-7-15(21)10-30(17)5-6-33/h3-4,8,10,17,21,33H,5-7,9,11-12H2,1-2H3/t17-,21+/m1/s1.